The number of hydrogen-bond acceptors (Lipinski definition) is 4. The first kappa shape index (κ1) is 19.8. The molecule has 0 saturated carbocycles. The Labute approximate surface area is 161 Å². The molecule has 0 radical (unpaired) electrons. The number of benzene rings is 2. The van der Waals surface area contributed by atoms with Crippen molar-refractivity contribution >= 4 is 46.8 Å². The normalized spacial score (nSPS) is 11.8. The van der Waals surface area contributed by atoms with E-state index in [2.05, 4.69) is 5.32 Å². The van der Waals surface area contributed by atoms with Crippen LogP contribution in [0.2, 0.25) is 10.0 Å². The summed E-state index contributed by atoms with van der Waals surface area (Å²) < 4.78 is 10.1. The molecule has 1 atom stereocenters. The van der Waals surface area contributed by atoms with E-state index in [0.717, 1.165) is 0 Å². The van der Waals surface area contributed by atoms with Gasteiger partial charge in [0.15, 0.2) is 6.10 Å². The fraction of sp³-hybridized carbons (Fsp3) is 0.158. The number of ether oxygens (including phenoxy) is 2. The average molecular weight is 394 g/mol. The van der Waals surface area contributed by atoms with Crippen molar-refractivity contribution in [1.29, 1.82) is 0 Å². The number of esters is 1. The van der Waals surface area contributed by atoms with Gasteiger partial charge in [0.2, 0.25) is 0 Å². The molecule has 1 N–H and O–H groups in total. The number of anilines is 1. The maximum atomic E-state index is 12.1. The van der Waals surface area contributed by atoms with Crippen LogP contribution in [0.3, 0.4) is 0 Å². The summed E-state index contributed by atoms with van der Waals surface area (Å²) in [5.74, 6) is -0.408. The van der Waals surface area contributed by atoms with E-state index in [1.165, 1.54) is 19.1 Å². The van der Waals surface area contributed by atoms with Crippen LogP contribution in [0, 0.1) is 0 Å². The van der Waals surface area contributed by atoms with Gasteiger partial charge in [-0.2, -0.15) is 0 Å². The summed E-state index contributed by atoms with van der Waals surface area (Å²) in [6.07, 6.45) is 1.79. The van der Waals surface area contributed by atoms with Crippen LogP contribution >= 0.6 is 23.2 Å². The van der Waals surface area contributed by atoms with E-state index < -0.39 is 18.0 Å². The van der Waals surface area contributed by atoms with Gasteiger partial charge in [-0.1, -0.05) is 29.3 Å². The zero-order valence-corrected chi connectivity index (χ0v) is 15.7. The van der Waals surface area contributed by atoms with Crippen LogP contribution in [0.1, 0.15) is 12.5 Å². The van der Waals surface area contributed by atoms with Gasteiger partial charge < -0.3 is 14.8 Å². The Morgan fingerprint density at radius 2 is 1.77 bits per heavy atom. The van der Waals surface area contributed by atoms with Crippen LogP contribution in [-0.2, 0) is 14.3 Å². The molecule has 0 bridgehead atoms. The summed E-state index contributed by atoms with van der Waals surface area (Å²) in [7, 11) is 1.56. The van der Waals surface area contributed by atoms with E-state index >= 15 is 0 Å². The van der Waals surface area contributed by atoms with Crippen molar-refractivity contribution in [2.24, 2.45) is 0 Å². The molecule has 1 amide bonds. The van der Waals surface area contributed by atoms with Crippen molar-refractivity contribution in [1.82, 2.24) is 0 Å². The molecule has 2 aromatic rings. The van der Waals surface area contributed by atoms with Gasteiger partial charge in [0.05, 0.1) is 17.2 Å². The van der Waals surface area contributed by atoms with Crippen LogP contribution in [0.4, 0.5) is 5.69 Å². The third-order valence-corrected chi connectivity index (χ3v) is 4.11. The molecular formula is C19H17Cl2NO4. The lowest BCUT2D eigenvalue weighted by molar-refractivity contribution is -0.148. The lowest BCUT2D eigenvalue weighted by Crippen LogP contribution is -2.29. The molecule has 2 rings (SSSR count). The minimum atomic E-state index is -0.956. The molecule has 1 unspecified atom stereocenters. The van der Waals surface area contributed by atoms with Crippen LogP contribution < -0.4 is 10.1 Å². The van der Waals surface area contributed by atoms with E-state index in [-0.39, 0.29) is 0 Å². The van der Waals surface area contributed by atoms with E-state index in [4.69, 9.17) is 32.7 Å². The second-order valence-corrected chi connectivity index (χ2v) is 6.12. The van der Waals surface area contributed by atoms with Gasteiger partial charge >= 0.3 is 5.97 Å². The minimum Gasteiger partial charge on any atom is -0.497 e. The van der Waals surface area contributed by atoms with Crippen LogP contribution in [-0.4, -0.2) is 25.1 Å². The van der Waals surface area contributed by atoms with E-state index in [1.54, 1.807) is 49.6 Å². The quantitative estimate of drug-likeness (QED) is 0.575. The first-order chi connectivity index (χ1) is 12.4. The highest BCUT2D eigenvalue weighted by atomic mass is 35.5. The molecule has 26 heavy (non-hydrogen) atoms. The lowest BCUT2D eigenvalue weighted by Gasteiger charge is -2.12. The predicted octanol–water partition coefficient (Wildman–Crippen LogP) is 4.59. The Hall–Kier alpha value is -2.50. The molecule has 0 heterocycles. The van der Waals surface area contributed by atoms with Crippen molar-refractivity contribution in [3.05, 3.63) is 64.1 Å². The summed E-state index contributed by atoms with van der Waals surface area (Å²) in [6, 6.07) is 11.8. The van der Waals surface area contributed by atoms with Gasteiger partial charge in [-0.3, -0.25) is 4.79 Å². The molecular weight excluding hydrogens is 377 g/mol. The largest absolute Gasteiger partial charge is 0.497 e. The van der Waals surface area contributed by atoms with Gasteiger partial charge in [-0.05, 0) is 55.0 Å². The van der Waals surface area contributed by atoms with E-state index in [1.807, 2.05) is 0 Å². The smallest absolute Gasteiger partial charge is 0.331 e. The number of nitrogens with one attached hydrogen (secondary N) is 1. The topological polar surface area (TPSA) is 64.6 Å². The fourth-order valence-electron chi connectivity index (χ4n) is 1.97. The number of methoxy groups -OCH3 is 1. The number of carbonyl (C=O) groups excluding carboxylic acids is 2. The molecule has 5 nitrogen and oxygen atoms in total. The number of rotatable bonds is 6. The second-order valence-electron chi connectivity index (χ2n) is 5.30. The Balaban J connectivity index is 1.89. The maximum Gasteiger partial charge on any atom is 0.331 e. The van der Waals surface area contributed by atoms with Crippen molar-refractivity contribution in [3.63, 3.8) is 0 Å². The van der Waals surface area contributed by atoms with Crippen LogP contribution in [0.15, 0.2) is 48.5 Å². The van der Waals surface area contributed by atoms with Crippen LogP contribution in [0.25, 0.3) is 6.08 Å². The number of halogens is 2. The molecule has 136 valence electrons. The maximum absolute atomic E-state index is 12.1. The average Bonchev–Trinajstić information content (AvgIpc) is 2.63. The highest BCUT2D eigenvalue weighted by molar-refractivity contribution is 6.42. The molecule has 0 aromatic heterocycles. The van der Waals surface area contributed by atoms with Crippen molar-refractivity contribution in [2.45, 2.75) is 13.0 Å². The molecule has 0 aliphatic carbocycles. The van der Waals surface area contributed by atoms with Crippen LogP contribution in [0.5, 0.6) is 5.75 Å². The highest BCUT2D eigenvalue weighted by Gasteiger charge is 2.16. The first-order valence-electron chi connectivity index (χ1n) is 7.67. The zero-order valence-electron chi connectivity index (χ0n) is 14.2. The summed E-state index contributed by atoms with van der Waals surface area (Å²) in [4.78, 5) is 23.9. The standard InChI is InChI=1S/C19H17Cl2NO4/c1-12(19(24)22-14-5-7-15(25-2)8-6-14)26-18(23)10-4-13-3-9-16(20)17(21)11-13/h3-12H,1-2H3,(H,22,24). The summed E-state index contributed by atoms with van der Waals surface area (Å²) in [5, 5.41) is 3.47. The monoisotopic (exact) mass is 393 g/mol. The lowest BCUT2D eigenvalue weighted by atomic mass is 10.2. The Morgan fingerprint density at radius 3 is 2.38 bits per heavy atom. The van der Waals surface area contributed by atoms with Gasteiger partial charge in [0.1, 0.15) is 5.75 Å². The highest BCUT2D eigenvalue weighted by Crippen LogP contribution is 2.23. The zero-order chi connectivity index (χ0) is 19.1. The third kappa shape index (κ3) is 5.79. The van der Waals surface area contributed by atoms with Crippen molar-refractivity contribution < 1.29 is 19.1 Å². The number of carbonyl (C=O) groups is 2. The van der Waals surface area contributed by atoms with E-state index in [9.17, 15) is 9.59 Å². The van der Waals surface area contributed by atoms with E-state index in [0.29, 0.717) is 27.0 Å². The van der Waals surface area contributed by atoms with Crippen molar-refractivity contribution in [3.8, 4) is 5.75 Å². The summed E-state index contributed by atoms with van der Waals surface area (Å²) in [5.41, 5.74) is 1.26. The third-order valence-electron chi connectivity index (χ3n) is 3.38. The molecule has 0 fully saturated rings. The Kier molecular flexibility index (Phi) is 7.06. The second kappa shape index (κ2) is 9.27. The summed E-state index contributed by atoms with van der Waals surface area (Å²) >= 11 is 11.7. The number of amides is 1. The molecule has 0 spiro atoms. The fourth-order valence-corrected chi connectivity index (χ4v) is 2.27. The molecule has 0 aliphatic heterocycles. The van der Waals surface area contributed by atoms with Gasteiger partial charge in [-0.15, -0.1) is 0 Å². The van der Waals surface area contributed by atoms with Gasteiger partial charge in [0.25, 0.3) is 5.91 Å². The minimum absolute atomic E-state index is 0.384. The SMILES string of the molecule is COc1ccc(NC(=O)C(C)OC(=O)C=Cc2ccc(Cl)c(Cl)c2)cc1. The molecule has 0 saturated heterocycles. The number of hydrogen-bond donors (Lipinski definition) is 1. The molecule has 2 aromatic carbocycles. The Bertz CT molecular complexity index is 819. The predicted molar refractivity (Wildman–Crippen MR) is 103 cm³/mol. The molecule has 0 aliphatic rings. The van der Waals surface area contributed by atoms with Crippen molar-refractivity contribution in [2.75, 3.05) is 12.4 Å². The molecule has 7 heteroatoms. The Morgan fingerprint density at radius 1 is 1.08 bits per heavy atom. The summed E-state index contributed by atoms with van der Waals surface area (Å²) in [6.45, 7) is 1.49. The van der Waals surface area contributed by atoms with Gasteiger partial charge in [-0.25, -0.2) is 4.79 Å². The van der Waals surface area contributed by atoms with Gasteiger partial charge in [0, 0.05) is 11.8 Å². The first-order valence-corrected chi connectivity index (χ1v) is 8.43.